The van der Waals surface area contributed by atoms with Crippen molar-refractivity contribution in [1.82, 2.24) is 5.16 Å². The maximum Gasteiger partial charge on any atom is 0.231 e. The molecule has 0 unspecified atom stereocenters. The minimum absolute atomic E-state index is 0.0649. The van der Waals surface area contributed by atoms with Crippen LogP contribution in [0.5, 0.6) is 11.5 Å². The lowest BCUT2D eigenvalue weighted by molar-refractivity contribution is 0.173. The molecule has 0 saturated heterocycles. The molecule has 1 aliphatic rings. The van der Waals surface area contributed by atoms with Gasteiger partial charge in [-0.25, -0.2) is 4.39 Å². The van der Waals surface area contributed by atoms with Crippen LogP contribution >= 0.6 is 15.9 Å². The highest BCUT2D eigenvalue weighted by atomic mass is 79.9. The lowest BCUT2D eigenvalue weighted by Gasteiger charge is -2.05. The van der Waals surface area contributed by atoms with E-state index in [1.54, 1.807) is 0 Å². The van der Waals surface area contributed by atoms with Gasteiger partial charge in [0, 0.05) is 12.1 Å². The molecule has 2 N–H and O–H groups in total. The predicted molar refractivity (Wildman–Crippen MR) is 60.1 cm³/mol. The highest BCUT2D eigenvalue weighted by molar-refractivity contribution is 9.10. The third-order valence-corrected chi connectivity index (χ3v) is 3.09. The van der Waals surface area contributed by atoms with Gasteiger partial charge in [-0.15, -0.1) is 0 Å². The van der Waals surface area contributed by atoms with Crippen molar-refractivity contribution in [2.24, 2.45) is 0 Å². The fourth-order valence-corrected chi connectivity index (χ4v) is 2.30. The molecule has 1 aromatic heterocycles. The van der Waals surface area contributed by atoms with Gasteiger partial charge < -0.3 is 19.7 Å². The molecule has 0 spiro atoms. The van der Waals surface area contributed by atoms with Crippen LogP contribution in [0.4, 0.5) is 10.2 Å². The second-order valence-corrected chi connectivity index (χ2v) is 4.19. The number of ether oxygens (including phenoxy) is 2. The molecule has 5 nitrogen and oxygen atoms in total. The number of halogens is 2. The van der Waals surface area contributed by atoms with Crippen molar-refractivity contribution in [3.05, 3.63) is 22.4 Å². The van der Waals surface area contributed by atoms with Crippen LogP contribution in [0, 0.1) is 5.82 Å². The number of nitrogens with two attached hydrogens (primary N) is 1. The second-order valence-electron chi connectivity index (χ2n) is 3.40. The fraction of sp³-hybridized carbons (Fsp3) is 0.100. The minimum Gasteiger partial charge on any atom is -0.453 e. The Balaban J connectivity index is 2.23. The summed E-state index contributed by atoms with van der Waals surface area (Å²) in [7, 11) is 0. The number of nitrogen functional groups attached to an aromatic ring is 1. The van der Waals surface area contributed by atoms with E-state index >= 15 is 0 Å². The summed E-state index contributed by atoms with van der Waals surface area (Å²) < 4.78 is 29.6. The van der Waals surface area contributed by atoms with Gasteiger partial charge >= 0.3 is 0 Å². The predicted octanol–water partition coefficient (Wildman–Crippen LogP) is 2.55. The first-order valence-corrected chi connectivity index (χ1v) is 5.46. The lowest BCUT2D eigenvalue weighted by atomic mass is 10.1. The fourth-order valence-electron chi connectivity index (χ4n) is 1.61. The molecule has 7 heteroatoms. The summed E-state index contributed by atoms with van der Waals surface area (Å²) in [5, 5.41) is 3.51. The Hall–Kier alpha value is -1.76. The number of aromatic nitrogens is 1. The minimum atomic E-state index is -0.503. The van der Waals surface area contributed by atoms with E-state index in [0.29, 0.717) is 16.0 Å². The Morgan fingerprint density at radius 2 is 2.18 bits per heavy atom. The van der Waals surface area contributed by atoms with E-state index in [2.05, 4.69) is 21.1 Å². The van der Waals surface area contributed by atoms with E-state index in [1.807, 2.05) is 0 Å². The maximum absolute atomic E-state index is 13.9. The molecule has 0 amide bonds. The zero-order valence-electron chi connectivity index (χ0n) is 8.37. The van der Waals surface area contributed by atoms with E-state index in [1.165, 1.54) is 12.1 Å². The van der Waals surface area contributed by atoms with Gasteiger partial charge in [0.2, 0.25) is 6.79 Å². The molecule has 0 atom stereocenters. The monoisotopic (exact) mass is 300 g/mol. The Labute approximate surface area is 103 Å². The molecule has 0 bridgehead atoms. The van der Waals surface area contributed by atoms with Crippen molar-refractivity contribution in [3.8, 4) is 22.8 Å². The molecule has 88 valence electrons. The van der Waals surface area contributed by atoms with Crippen molar-refractivity contribution in [1.29, 1.82) is 0 Å². The summed E-state index contributed by atoms with van der Waals surface area (Å²) in [5.74, 6) is 0.702. The number of hydrogen-bond donors (Lipinski definition) is 1. The molecule has 2 aromatic rings. The van der Waals surface area contributed by atoms with Crippen molar-refractivity contribution in [2.45, 2.75) is 0 Å². The van der Waals surface area contributed by atoms with Crippen LogP contribution in [0.2, 0.25) is 0 Å². The van der Waals surface area contributed by atoms with Crippen LogP contribution in [-0.4, -0.2) is 11.9 Å². The first-order chi connectivity index (χ1) is 8.16. The molecule has 17 heavy (non-hydrogen) atoms. The Bertz CT molecular complexity index is 599. The highest BCUT2D eigenvalue weighted by Crippen LogP contribution is 2.46. The Kier molecular flexibility index (Phi) is 2.22. The van der Waals surface area contributed by atoms with Gasteiger partial charge in [0.1, 0.15) is 5.82 Å². The van der Waals surface area contributed by atoms with Gasteiger partial charge in [0.15, 0.2) is 23.1 Å². The number of fused-ring (bicyclic) bond motifs is 1. The Morgan fingerprint density at radius 1 is 1.35 bits per heavy atom. The van der Waals surface area contributed by atoms with E-state index in [4.69, 9.17) is 19.7 Å². The summed E-state index contributed by atoms with van der Waals surface area (Å²) in [5.41, 5.74) is 5.64. The highest BCUT2D eigenvalue weighted by Gasteiger charge is 2.25. The summed E-state index contributed by atoms with van der Waals surface area (Å²) >= 11 is 3.26. The SMILES string of the molecule is Nc1cc(-c2c(F)cc3c(c2Br)OCO3)on1. The van der Waals surface area contributed by atoms with Crippen LogP contribution in [0.15, 0.2) is 21.1 Å². The molecule has 3 rings (SSSR count). The first-order valence-electron chi connectivity index (χ1n) is 4.67. The summed E-state index contributed by atoms with van der Waals surface area (Å²) in [6, 6.07) is 2.67. The van der Waals surface area contributed by atoms with Crippen molar-refractivity contribution in [2.75, 3.05) is 12.5 Å². The van der Waals surface area contributed by atoms with E-state index in [0.717, 1.165) is 0 Å². The van der Waals surface area contributed by atoms with E-state index < -0.39 is 5.82 Å². The molecule has 1 aromatic carbocycles. The average Bonchev–Trinajstić information content (AvgIpc) is 2.87. The smallest absolute Gasteiger partial charge is 0.231 e. The molecular formula is C10H6BrFN2O3. The van der Waals surface area contributed by atoms with E-state index in [-0.39, 0.29) is 23.9 Å². The largest absolute Gasteiger partial charge is 0.453 e. The number of hydrogen-bond acceptors (Lipinski definition) is 5. The van der Waals surface area contributed by atoms with Crippen molar-refractivity contribution < 1.29 is 18.4 Å². The molecule has 0 fully saturated rings. The number of nitrogens with zero attached hydrogens (tertiary/aromatic N) is 1. The lowest BCUT2D eigenvalue weighted by Crippen LogP contribution is -1.93. The zero-order valence-corrected chi connectivity index (χ0v) is 9.95. The number of anilines is 1. The van der Waals surface area contributed by atoms with Gasteiger partial charge in [-0.05, 0) is 15.9 Å². The Morgan fingerprint density at radius 3 is 2.88 bits per heavy atom. The van der Waals surface area contributed by atoms with Gasteiger partial charge in [0.05, 0.1) is 10.0 Å². The number of rotatable bonds is 1. The van der Waals surface area contributed by atoms with Crippen LogP contribution in [-0.2, 0) is 0 Å². The summed E-state index contributed by atoms with van der Waals surface area (Å²) in [6.07, 6.45) is 0. The van der Waals surface area contributed by atoms with Crippen LogP contribution in [0.3, 0.4) is 0 Å². The van der Waals surface area contributed by atoms with Crippen molar-refractivity contribution >= 4 is 21.7 Å². The summed E-state index contributed by atoms with van der Waals surface area (Å²) in [4.78, 5) is 0. The summed E-state index contributed by atoms with van der Waals surface area (Å²) in [6.45, 7) is 0.0649. The maximum atomic E-state index is 13.9. The van der Waals surface area contributed by atoms with Crippen molar-refractivity contribution in [3.63, 3.8) is 0 Å². The van der Waals surface area contributed by atoms with E-state index in [9.17, 15) is 4.39 Å². The molecular weight excluding hydrogens is 295 g/mol. The standard InChI is InChI=1S/C10H6BrFN2O3/c11-9-8(5-2-7(13)14-17-5)4(12)1-6-10(9)16-3-15-6/h1-2H,3H2,(H2,13,14). The van der Waals surface area contributed by atoms with Gasteiger partial charge in [-0.3, -0.25) is 0 Å². The molecule has 0 saturated carbocycles. The molecule has 2 heterocycles. The normalized spacial score (nSPS) is 13.1. The quantitative estimate of drug-likeness (QED) is 0.876. The van der Waals surface area contributed by atoms with Gasteiger partial charge in [0.25, 0.3) is 0 Å². The topological polar surface area (TPSA) is 70.5 Å². The zero-order chi connectivity index (χ0) is 12.0. The molecule has 0 aliphatic carbocycles. The first kappa shape index (κ1) is 10.4. The molecule has 0 radical (unpaired) electrons. The van der Waals surface area contributed by atoms with Crippen LogP contribution < -0.4 is 15.2 Å². The third-order valence-electron chi connectivity index (χ3n) is 2.33. The van der Waals surface area contributed by atoms with Gasteiger partial charge in [-0.2, -0.15) is 0 Å². The van der Waals surface area contributed by atoms with Crippen LogP contribution in [0.1, 0.15) is 0 Å². The molecule has 1 aliphatic heterocycles. The van der Waals surface area contributed by atoms with Crippen LogP contribution in [0.25, 0.3) is 11.3 Å². The third kappa shape index (κ3) is 1.54. The van der Waals surface area contributed by atoms with Gasteiger partial charge in [-0.1, -0.05) is 5.16 Å². The second kappa shape index (κ2) is 3.63. The number of benzene rings is 1. The average molecular weight is 301 g/mol.